The van der Waals surface area contributed by atoms with Gasteiger partial charge in [-0.3, -0.25) is 4.79 Å². The molecule has 2 nitrogen and oxygen atoms in total. The maximum absolute atomic E-state index is 11.6. The summed E-state index contributed by atoms with van der Waals surface area (Å²) in [5, 5.41) is 4.23. The molecule has 0 amide bonds. The third-order valence-electron chi connectivity index (χ3n) is 2.73. The minimum absolute atomic E-state index is 0.233. The molecule has 0 spiro atoms. The number of Topliss-reactive ketones (excluding diaryl/α,β-unsaturated/α-hetero) is 1. The Morgan fingerprint density at radius 1 is 1.06 bits per heavy atom. The van der Waals surface area contributed by atoms with E-state index in [-0.39, 0.29) is 5.78 Å². The van der Waals surface area contributed by atoms with Gasteiger partial charge in [0.1, 0.15) is 0 Å². The molecule has 0 atom stereocenters. The van der Waals surface area contributed by atoms with Crippen molar-refractivity contribution in [1.29, 1.82) is 0 Å². The summed E-state index contributed by atoms with van der Waals surface area (Å²) in [4.78, 5) is 11.6. The van der Waals surface area contributed by atoms with E-state index in [0.29, 0.717) is 16.5 Å². The highest BCUT2D eigenvalue weighted by Gasteiger charge is 2.14. The molecule has 4 heteroatoms. The molecule has 90 valence electrons. The SMILES string of the molecule is O=C1CCCC/C1=C/Nc1cc(Cl)cc(Cl)c1. The number of benzene rings is 1. The molecular formula is C13H13Cl2NO. The molecule has 17 heavy (non-hydrogen) atoms. The van der Waals surface area contributed by atoms with Gasteiger partial charge in [-0.1, -0.05) is 23.2 Å². The summed E-state index contributed by atoms with van der Waals surface area (Å²) in [7, 11) is 0. The second-order valence-electron chi connectivity index (χ2n) is 4.10. The average molecular weight is 270 g/mol. The third kappa shape index (κ3) is 3.48. The van der Waals surface area contributed by atoms with Crippen LogP contribution in [0.1, 0.15) is 25.7 Å². The zero-order valence-corrected chi connectivity index (χ0v) is 10.8. The van der Waals surface area contributed by atoms with Gasteiger partial charge in [-0.25, -0.2) is 0 Å². The van der Waals surface area contributed by atoms with Crippen molar-refractivity contribution in [3.63, 3.8) is 0 Å². The van der Waals surface area contributed by atoms with Crippen molar-refractivity contribution in [3.05, 3.63) is 40.0 Å². The van der Waals surface area contributed by atoms with E-state index in [1.807, 2.05) is 0 Å². The first-order valence-corrected chi connectivity index (χ1v) is 6.35. The van der Waals surface area contributed by atoms with E-state index in [2.05, 4.69) is 5.32 Å². The normalized spacial score (nSPS) is 18.5. The van der Waals surface area contributed by atoms with Crippen LogP contribution in [0.4, 0.5) is 5.69 Å². The van der Waals surface area contributed by atoms with Gasteiger partial charge in [0, 0.05) is 33.9 Å². The van der Waals surface area contributed by atoms with Gasteiger partial charge in [-0.2, -0.15) is 0 Å². The van der Waals surface area contributed by atoms with E-state index < -0.39 is 0 Å². The van der Waals surface area contributed by atoms with Crippen molar-refractivity contribution in [2.45, 2.75) is 25.7 Å². The molecule has 0 aromatic heterocycles. The van der Waals surface area contributed by atoms with E-state index in [1.165, 1.54) is 0 Å². The second kappa shape index (κ2) is 5.56. The molecule has 0 bridgehead atoms. The van der Waals surface area contributed by atoms with Crippen LogP contribution in [0.15, 0.2) is 30.0 Å². The van der Waals surface area contributed by atoms with Crippen molar-refractivity contribution in [3.8, 4) is 0 Å². The zero-order chi connectivity index (χ0) is 12.3. The van der Waals surface area contributed by atoms with Gasteiger partial charge in [0.2, 0.25) is 0 Å². The summed E-state index contributed by atoms with van der Waals surface area (Å²) in [5.74, 6) is 0.233. The van der Waals surface area contributed by atoms with Gasteiger partial charge >= 0.3 is 0 Å². The molecule has 2 rings (SSSR count). The first kappa shape index (κ1) is 12.5. The van der Waals surface area contributed by atoms with Gasteiger partial charge < -0.3 is 5.32 Å². The number of allylic oxidation sites excluding steroid dienone is 1. The Bertz CT molecular complexity index is 448. The monoisotopic (exact) mass is 269 g/mol. The Hall–Kier alpha value is -0.990. The fourth-order valence-corrected chi connectivity index (χ4v) is 2.39. The Morgan fingerprint density at radius 3 is 2.35 bits per heavy atom. The van der Waals surface area contributed by atoms with Crippen molar-refractivity contribution < 1.29 is 4.79 Å². The predicted octanol–water partition coefficient (Wildman–Crippen LogP) is 4.43. The highest BCUT2D eigenvalue weighted by molar-refractivity contribution is 6.35. The first-order chi connectivity index (χ1) is 8.15. The first-order valence-electron chi connectivity index (χ1n) is 5.60. The van der Waals surface area contributed by atoms with Gasteiger partial charge in [0.25, 0.3) is 0 Å². The van der Waals surface area contributed by atoms with Crippen LogP contribution < -0.4 is 5.32 Å². The summed E-state index contributed by atoms with van der Waals surface area (Å²) in [6, 6.07) is 5.22. The molecule has 1 fully saturated rings. The van der Waals surface area contributed by atoms with E-state index in [4.69, 9.17) is 23.2 Å². The fraction of sp³-hybridized carbons (Fsp3) is 0.308. The van der Waals surface area contributed by atoms with E-state index >= 15 is 0 Å². The van der Waals surface area contributed by atoms with Crippen LogP contribution in [0.25, 0.3) is 0 Å². The van der Waals surface area contributed by atoms with Gasteiger partial charge in [-0.05, 0) is 37.5 Å². The van der Waals surface area contributed by atoms with Crippen LogP contribution in [0.5, 0.6) is 0 Å². The van der Waals surface area contributed by atoms with Crippen LogP contribution in [-0.2, 0) is 4.79 Å². The molecule has 1 N–H and O–H groups in total. The molecule has 1 aromatic carbocycles. The lowest BCUT2D eigenvalue weighted by Gasteiger charge is -2.13. The van der Waals surface area contributed by atoms with Crippen LogP contribution in [0.3, 0.4) is 0 Å². The lowest BCUT2D eigenvalue weighted by molar-refractivity contribution is -0.116. The minimum Gasteiger partial charge on any atom is -0.361 e. The maximum atomic E-state index is 11.6. The number of hydrogen-bond acceptors (Lipinski definition) is 2. The van der Waals surface area contributed by atoms with Gasteiger partial charge in [0.05, 0.1) is 0 Å². The smallest absolute Gasteiger partial charge is 0.160 e. The highest BCUT2D eigenvalue weighted by atomic mass is 35.5. The Morgan fingerprint density at radius 2 is 1.71 bits per heavy atom. The Labute approximate surface area is 111 Å². The zero-order valence-electron chi connectivity index (χ0n) is 9.30. The van der Waals surface area contributed by atoms with Crippen LogP contribution in [0, 0.1) is 0 Å². The number of carbonyl (C=O) groups is 1. The summed E-state index contributed by atoms with van der Waals surface area (Å²) < 4.78 is 0. The lowest BCUT2D eigenvalue weighted by atomic mass is 9.94. The number of anilines is 1. The Balaban J connectivity index is 2.10. The van der Waals surface area contributed by atoms with E-state index in [0.717, 1.165) is 30.5 Å². The molecule has 1 aliphatic carbocycles. The molecule has 0 saturated heterocycles. The number of nitrogens with one attached hydrogen (secondary N) is 1. The molecule has 1 aromatic rings. The Kier molecular flexibility index (Phi) is 4.08. The summed E-state index contributed by atoms with van der Waals surface area (Å²) in [6.07, 6.45) is 5.35. The molecule has 1 saturated carbocycles. The number of hydrogen-bond donors (Lipinski definition) is 1. The summed E-state index contributed by atoms with van der Waals surface area (Å²) in [5.41, 5.74) is 1.65. The van der Waals surface area contributed by atoms with Crippen molar-refractivity contribution >= 4 is 34.7 Å². The van der Waals surface area contributed by atoms with Crippen LogP contribution in [0.2, 0.25) is 10.0 Å². The number of halogens is 2. The lowest BCUT2D eigenvalue weighted by Crippen LogP contribution is -2.09. The second-order valence-corrected chi connectivity index (χ2v) is 4.98. The molecule has 0 radical (unpaired) electrons. The van der Waals surface area contributed by atoms with E-state index in [9.17, 15) is 4.79 Å². The van der Waals surface area contributed by atoms with Crippen molar-refractivity contribution in [2.24, 2.45) is 0 Å². The fourth-order valence-electron chi connectivity index (χ4n) is 1.86. The van der Waals surface area contributed by atoms with Crippen molar-refractivity contribution in [1.82, 2.24) is 0 Å². The minimum atomic E-state index is 0.233. The maximum Gasteiger partial charge on any atom is 0.160 e. The largest absolute Gasteiger partial charge is 0.361 e. The van der Waals surface area contributed by atoms with Crippen LogP contribution >= 0.6 is 23.2 Å². The van der Waals surface area contributed by atoms with Gasteiger partial charge in [-0.15, -0.1) is 0 Å². The highest BCUT2D eigenvalue weighted by Crippen LogP contribution is 2.24. The summed E-state index contributed by atoms with van der Waals surface area (Å²) in [6.45, 7) is 0. The third-order valence-corrected chi connectivity index (χ3v) is 3.17. The van der Waals surface area contributed by atoms with Crippen LogP contribution in [-0.4, -0.2) is 5.78 Å². The number of carbonyl (C=O) groups excluding carboxylic acids is 1. The summed E-state index contributed by atoms with van der Waals surface area (Å²) >= 11 is 11.8. The quantitative estimate of drug-likeness (QED) is 0.805. The van der Waals surface area contributed by atoms with Gasteiger partial charge in [0.15, 0.2) is 5.78 Å². The topological polar surface area (TPSA) is 29.1 Å². The molecular weight excluding hydrogens is 257 g/mol. The number of rotatable bonds is 2. The standard InChI is InChI=1S/C13H13Cl2NO/c14-10-5-11(15)7-12(6-10)16-8-9-3-1-2-4-13(9)17/h5-8,16H,1-4H2/b9-8-. The average Bonchev–Trinajstić information content (AvgIpc) is 2.27. The molecule has 0 unspecified atom stereocenters. The number of ketones is 1. The van der Waals surface area contributed by atoms with E-state index in [1.54, 1.807) is 24.4 Å². The molecule has 0 aliphatic heterocycles. The molecule has 0 heterocycles. The predicted molar refractivity (Wildman–Crippen MR) is 71.6 cm³/mol. The molecule has 1 aliphatic rings. The van der Waals surface area contributed by atoms with Crippen molar-refractivity contribution in [2.75, 3.05) is 5.32 Å².